The Morgan fingerprint density at radius 1 is 1.27 bits per heavy atom. The van der Waals surface area contributed by atoms with Crippen molar-refractivity contribution in [3.63, 3.8) is 0 Å². The lowest BCUT2D eigenvalue weighted by Crippen LogP contribution is -2.52. The van der Waals surface area contributed by atoms with E-state index in [1.165, 1.54) is 0 Å². The third-order valence-corrected chi connectivity index (χ3v) is 5.05. The van der Waals surface area contributed by atoms with Crippen molar-refractivity contribution in [1.82, 2.24) is 5.32 Å². The molecule has 0 spiro atoms. The van der Waals surface area contributed by atoms with Crippen molar-refractivity contribution in [2.45, 2.75) is 31.4 Å². The summed E-state index contributed by atoms with van der Waals surface area (Å²) in [6.45, 7) is 6.46. The van der Waals surface area contributed by atoms with Gasteiger partial charge in [-0.3, -0.25) is 4.79 Å². The van der Waals surface area contributed by atoms with Crippen molar-refractivity contribution >= 4 is 11.8 Å². The Bertz CT molecular complexity index is 880. The quantitative estimate of drug-likeness (QED) is 0.468. The first-order chi connectivity index (χ1) is 14.6. The molecule has 2 aromatic rings. The minimum absolute atomic E-state index is 0.0953. The van der Waals surface area contributed by atoms with Crippen molar-refractivity contribution < 1.29 is 19.4 Å². The Morgan fingerprint density at radius 3 is 2.67 bits per heavy atom. The van der Waals surface area contributed by atoms with Crippen molar-refractivity contribution in [2.24, 2.45) is 4.99 Å². The molecule has 30 heavy (non-hydrogen) atoms. The standard InChI is InChI=1S/C24H28N2O4/c1-3-14-25-23(28)24(17-19-8-5-4-6-9-19)18(2)30-22(26-24)20-10-12-21(13-11-20)29-16-7-15-27/h3-6,8-13,18,27H,1,7,14-17H2,2H3,(H,25,28)/t18-,24-/m1/s1. The molecule has 0 bridgehead atoms. The summed E-state index contributed by atoms with van der Waals surface area (Å²) in [7, 11) is 0. The third-order valence-electron chi connectivity index (χ3n) is 5.05. The number of rotatable bonds is 10. The number of aliphatic imine (C=N–C) groups is 1. The van der Waals surface area contributed by atoms with Gasteiger partial charge >= 0.3 is 0 Å². The topological polar surface area (TPSA) is 80.2 Å². The van der Waals surface area contributed by atoms with Crippen LogP contribution in [0.15, 0.2) is 72.2 Å². The molecule has 0 saturated carbocycles. The molecule has 2 aromatic carbocycles. The highest BCUT2D eigenvalue weighted by Gasteiger charge is 2.50. The summed E-state index contributed by atoms with van der Waals surface area (Å²) in [5.74, 6) is 0.963. The fraction of sp³-hybridized carbons (Fsp3) is 0.333. The van der Waals surface area contributed by atoms with Gasteiger partial charge in [0.05, 0.1) is 6.61 Å². The Kier molecular flexibility index (Phi) is 7.25. The summed E-state index contributed by atoms with van der Waals surface area (Å²) in [6.07, 6.45) is 2.23. The molecule has 1 heterocycles. The van der Waals surface area contributed by atoms with Crippen LogP contribution in [-0.4, -0.2) is 48.3 Å². The van der Waals surface area contributed by atoms with Gasteiger partial charge in [-0.2, -0.15) is 0 Å². The minimum atomic E-state index is -1.06. The Hall–Kier alpha value is -3.12. The van der Waals surface area contributed by atoms with Crippen LogP contribution in [0.4, 0.5) is 0 Å². The normalized spacial score (nSPS) is 20.2. The molecule has 1 aliphatic heterocycles. The highest BCUT2D eigenvalue weighted by atomic mass is 16.5. The summed E-state index contributed by atoms with van der Waals surface area (Å²) >= 11 is 0. The SMILES string of the molecule is C=CCNC(=O)[C@]1(Cc2ccccc2)N=C(c2ccc(OCCCO)cc2)O[C@@H]1C. The number of nitrogens with zero attached hydrogens (tertiary/aromatic N) is 1. The molecule has 3 rings (SSSR count). The Morgan fingerprint density at radius 2 is 2.00 bits per heavy atom. The second-order valence-corrected chi connectivity index (χ2v) is 7.21. The van der Waals surface area contributed by atoms with E-state index in [-0.39, 0.29) is 12.5 Å². The number of nitrogens with one attached hydrogen (secondary N) is 1. The largest absolute Gasteiger partial charge is 0.494 e. The van der Waals surface area contributed by atoms with Crippen LogP contribution >= 0.6 is 0 Å². The molecular weight excluding hydrogens is 380 g/mol. The lowest BCUT2D eigenvalue weighted by atomic mass is 9.86. The lowest BCUT2D eigenvalue weighted by Gasteiger charge is -2.28. The predicted molar refractivity (Wildman–Crippen MR) is 117 cm³/mol. The smallest absolute Gasteiger partial charge is 0.252 e. The number of amides is 1. The molecule has 2 atom stereocenters. The maximum Gasteiger partial charge on any atom is 0.252 e. The average molecular weight is 408 g/mol. The zero-order valence-electron chi connectivity index (χ0n) is 17.2. The van der Waals surface area contributed by atoms with Gasteiger partial charge in [-0.25, -0.2) is 4.99 Å². The van der Waals surface area contributed by atoms with Crippen LogP contribution in [0.25, 0.3) is 0 Å². The average Bonchev–Trinajstić information content (AvgIpc) is 3.10. The Labute approximate surface area is 177 Å². The van der Waals surface area contributed by atoms with E-state index in [1.807, 2.05) is 61.5 Å². The van der Waals surface area contributed by atoms with E-state index in [4.69, 9.17) is 19.6 Å². The molecule has 0 radical (unpaired) electrons. The van der Waals surface area contributed by atoms with Crippen LogP contribution in [-0.2, 0) is 16.0 Å². The van der Waals surface area contributed by atoms with Crippen LogP contribution in [0.1, 0.15) is 24.5 Å². The highest BCUT2D eigenvalue weighted by molar-refractivity contribution is 6.00. The van der Waals surface area contributed by atoms with E-state index in [0.29, 0.717) is 37.6 Å². The first-order valence-corrected chi connectivity index (χ1v) is 10.1. The molecule has 158 valence electrons. The molecule has 6 heteroatoms. The van der Waals surface area contributed by atoms with Gasteiger partial charge in [-0.1, -0.05) is 36.4 Å². The molecule has 2 N–H and O–H groups in total. The predicted octanol–water partition coefficient (Wildman–Crippen LogP) is 2.90. The second kappa shape index (κ2) is 10.1. The number of aliphatic hydroxyl groups excluding tert-OH is 1. The van der Waals surface area contributed by atoms with Crippen LogP contribution in [0.2, 0.25) is 0 Å². The van der Waals surface area contributed by atoms with Crippen molar-refractivity contribution in [3.05, 3.63) is 78.4 Å². The number of carbonyl (C=O) groups excluding carboxylic acids is 1. The molecule has 1 aliphatic rings. The second-order valence-electron chi connectivity index (χ2n) is 7.21. The van der Waals surface area contributed by atoms with Gasteiger partial charge in [0.1, 0.15) is 11.9 Å². The molecule has 0 unspecified atom stereocenters. The zero-order chi connectivity index (χ0) is 21.4. The van der Waals surface area contributed by atoms with Gasteiger partial charge in [0.2, 0.25) is 5.90 Å². The molecule has 0 fully saturated rings. The van der Waals surface area contributed by atoms with Crippen molar-refractivity contribution in [2.75, 3.05) is 19.8 Å². The first kappa shape index (κ1) is 21.6. The molecule has 0 saturated heterocycles. The third kappa shape index (κ3) is 4.89. The van der Waals surface area contributed by atoms with Gasteiger partial charge in [0.25, 0.3) is 5.91 Å². The number of carbonyl (C=O) groups is 1. The van der Waals surface area contributed by atoms with Gasteiger partial charge in [-0.05, 0) is 36.8 Å². The molecule has 0 aromatic heterocycles. The summed E-state index contributed by atoms with van der Waals surface area (Å²) in [5.41, 5.74) is 0.734. The van der Waals surface area contributed by atoms with E-state index in [0.717, 1.165) is 11.1 Å². The van der Waals surface area contributed by atoms with E-state index in [9.17, 15) is 4.79 Å². The van der Waals surface area contributed by atoms with Gasteiger partial charge < -0.3 is 19.9 Å². The van der Waals surface area contributed by atoms with E-state index in [2.05, 4.69) is 11.9 Å². The maximum atomic E-state index is 13.1. The monoisotopic (exact) mass is 408 g/mol. The summed E-state index contributed by atoms with van der Waals surface area (Å²) < 4.78 is 11.6. The number of benzene rings is 2. The van der Waals surface area contributed by atoms with Crippen LogP contribution in [0, 0.1) is 0 Å². The Balaban J connectivity index is 1.87. The van der Waals surface area contributed by atoms with Crippen molar-refractivity contribution in [3.8, 4) is 5.75 Å². The maximum absolute atomic E-state index is 13.1. The van der Waals surface area contributed by atoms with Crippen LogP contribution < -0.4 is 10.1 Å². The van der Waals surface area contributed by atoms with Gasteiger partial charge in [0, 0.05) is 31.6 Å². The lowest BCUT2D eigenvalue weighted by molar-refractivity contribution is -0.128. The van der Waals surface area contributed by atoms with Gasteiger partial charge in [-0.15, -0.1) is 6.58 Å². The molecule has 6 nitrogen and oxygen atoms in total. The molecule has 0 aliphatic carbocycles. The first-order valence-electron chi connectivity index (χ1n) is 10.1. The van der Waals surface area contributed by atoms with E-state index >= 15 is 0 Å². The number of hydrogen-bond acceptors (Lipinski definition) is 5. The minimum Gasteiger partial charge on any atom is -0.494 e. The van der Waals surface area contributed by atoms with Crippen LogP contribution in [0.5, 0.6) is 5.75 Å². The number of ether oxygens (including phenoxy) is 2. The van der Waals surface area contributed by atoms with Crippen LogP contribution in [0.3, 0.4) is 0 Å². The van der Waals surface area contributed by atoms with E-state index in [1.54, 1.807) is 6.08 Å². The number of hydrogen-bond donors (Lipinski definition) is 2. The fourth-order valence-electron chi connectivity index (χ4n) is 3.37. The van der Waals surface area contributed by atoms with E-state index < -0.39 is 11.6 Å². The summed E-state index contributed by atoms with van der Waals surface area (Å²) in [4.78, 5) is 17.9. The molecule has 1 amide bonds. The van der Waals surface area contributed by atoms with Gasteiger partial charge in [0.15, 0.2) is 5.54 Å². The summed E-state index contributed by atoms with van der Waals surface area (Å²) in [5, 5.41) is 11.8. The zero-order valence-corrected chi connectivity index (χ0v) is 17.2. The number of aliphatic hydroxyl groups is 1. The van der Waals surface area contributed by atoms with Crippen molar-refractivity contribution in [1.29, 1.82) is 0 Å². The highest BCUT2D eigenvalue weighted by Crippen LogP contribution is 2.32. The molecular formula is C24H28N2O4. The fourth-order valence-corrected chi connectivity index (χ4v) is 3.37. The summed E-state index contributed by atoms with van der Waals surface area (Å²) in [6, 6.07) is 17.2.